The Hall–Kier alpha value is -3.68. The lowest BCUT2D eigenvalue weighted by atomic mass is 9.54. The zero-order valence-corrected chi connectivity index (χ0v) is 23.6. The fourth-order valence-corrected chi connectivity index (χ4v) is 7.68. The Labute approximate surface area is 238 Å². The van der Waals surface area contributed by atoms with E-state index in [1.165, 1.54) is 42.4 Å². The highest BCUT2D eigenvalue weighted by molar-refractivity contribution is 6.21. The molecule has 9 heteroatoms. The summed E-state index contributed by atoms with van der Waals surface area (Å²) in [6, 6.07) is 12.8. The Morgan fingerprint density at radius 2 is 1.61 bits per heavy atom. The average molecular weight is 560 g/mol. The van der Waals surface area contributed by atoms with Gasteiger partial charge in [0.05, 0.1) is 17.0 Å². The summed E-state index contributed by atoms with van der Waals surface area (Å²) < 4.78 is 27.5. The third kappa shape index (κ3) is 5.13. The van der Waals surface area contributed by atoms with Crippen LogP contribution in [0.3, 0.4) is 0 Å². The third-order valence-corrected chi connectivity index (χ3v) is 8.61. The van der Waals surface area contributed by atoms with Crippen LogP contribution in [0.5, 0.6) is 0 Å². The Morgan fingerprint density at radius 1 is 1.02 bits per heavy atom. The summed E-state index contributed by atoms with van der Waals surface area (Å²) in [5.74, 6) is -2.73. The van der Waals surface area contributed by atoms with Gasteiger partial charge in [0.1, 0.15) is 18.0 Å². The number of hydrogen-bond acceptors (Lipinski definition) is 7. The van der Waals surface area contributed by atoms with Gasteiger partial charge in [0.25, 0.3) is 0 Å². The highest BCUT2D eigenvalue weighted by Gasteiger charge is 2.54. The summed E-state index contributed by atoms with van der Waals surface area (Å²) in [5, 5.41) is 0. The molecule has 0 saturated heterocycles. The highest BCUT2D eigenvalue weighted by atomic mass is 19.1. The molecule has 4 saturated carbocycles. The number of benzene rings is 2. The van der Waals surface area contributed by atoms with Gasteiger partial charge >= 0.3 is 17.7 Å². The number of anilines is 1. The number of nitrogens with zero attached hydrogens (tertiary/aromatic N) is 3. The fraction of sp³-hybridized carbons (Fsp3) is 0.500. The van der Waals surface area contributed by atoms with Gasteiger partial charge in [-0.2, -0.15) is 0 Å². The van der Waals surface area contributed by atoms with Crippen LogP contribution in [0.2, 0.25) is 0 Å². The van der Waals surface area contributed by atoms with E-state index in [2.05, 4.69) is 9.98 Å². The minimum Gasteiger partial charge on any atom is -0.458 e. The number of amides is 1. The van der Waals surface area contributed by atoms with Crippen molar-refractivity contribution in [3.05, 3.63) is 65.5 Å². The van der Waals surface area contributed by atoms with Crippen LogP contribution in [0, 0.1) is 23.6 Å². The minimum atomic E-state index is -2.45. The molecule has 4 bridgehead atoms. The molecule has 5 aliphatic rings. The van der Waals surface area contributed by atoms with Crippen LogP contribution in [0.1, 0.15) is 70.4 Å². The van der Waals surface area contributed by atoms with Gasteiger partial charge in [-0.1, -0.05) is 30.3 Å². The molecule has 1 unspecified atom stereocenters. The van der Waals surface area contributed by atoms with Gasteiger partial charge in [-0.3, -0.25) is 14.5 Å². The molecule has 4 fully saturated rings. The van der Waals surface area contributed by atoms with Gasteiger partial charge in [0.2, 0.25) is 6.08 Å². The summed E-state index contributed by atoms with van der Waals surface area (Å²) in [5.41, 5.74) is -0.672. The van der Waals surface area contributed by atoms with Crippen molar-refractivity contribution in [3.63, 3.8) is 0 Å². The molecule has 0 radical (unpaired) electrons. The third-order valence-electron chi connectivity index (χ3n) is 8.61. The van der Waals surface area contributed by atoms with Gasteiger partial charge in [-0.15, -0.1) is 4.99 Å². The van der Waals surface area contributed by atoms with E-state index in [-0.39, 0.29) is 11.3 Å². The lowest BCUT2D eigenvalue weighted by molar-refractivity contribution is -0.185. The largest absolute Gasteiger partial charge is 0.458 e. The maximum atomic E-state index is 15.2. The van der Waals surface area contributed by atoms with Crippen molar-refractivity contribution in [2.75, 3.05) is 11.4 Å². The molecule has 1 heterocycles. The maximum absolute atomic E-state index is 15.2. The predicted octanol–water partition coefficient (Wildman–Crippen LogP) is 5.33. The smallest absolute Gasteiger partial charge is 0.351 e. The Kier molecular flexibility index (Phi) is 6.70. The second kappa shape index (κ2) is 10.00. The molecule has 1 aliphatic heterocycles. The molecule has 0 spiro atoms. The minimum absolute atomic E-state index is 0.0623. The highest BCUT2D eigenvalue weighted by Crippen LogP contribution is 2.57. The monoisotopic (exact) mass is 559 g/mol. The van der Waals surface area contributed by atoms with Gasteiger partial charge < -0.3 is 9.47 Å². The summed E-state index contributed by atoms with van der Waals surface area (Å²) in [6.45, 7) is 4.61. The normalized spacial score (nSPS) is 30.2. The number of hydrogen-bond donors (Lipinski definition) is 0. The Morgan fingerprint density at radius 3 is 2.20 bits per heavy atom. The number of esters is 1. The van der Waals surface area contributed by atoms with Crippen LogP contribution in [-0.4, -0.2) is 47.3 Å². The lowest BCUT2D eigenvalue weighted by Crippen LogP contribution is -2.55. The summed E-state index contributed by atoms with van der Waals surface area (Å²) in [4.78, 5) is 49.4. The molecular formula is C32H34FN3O5. The molecule has 214 valence electrons. The van der Waals surface area contributed by atoms with Gasteiger partial charge in [0, 0.05) is 11.1 Å². The van der Waals surface area contributed by atoms with E-state index in [9.17, 15) is 14.4 Å². The van der Waals surface area contributed by atoms with Gasteiger partial charge in [0.15, 0.2) is 0 Å². The number of benzodiazepines with no additional fused rings is 1. The van der Waals surface area contributed by atoms with E-state index in [4.69, 9.17) is 9.47 Å². The van der Waals surface area contributed by atoms with Crippen molar-refractivity contribution in [1.82, 2.24) is 0 Å². The molecule has 0 aromatic heterocycles. The number of rotatable bonds is 6. The zero-order valence-electron chi connectivity index (χ0n) is 23.6. The first-order valence-electron chi connectivity index (χ1n) is 14.3. The van der Waals surface area contributed by atoms with Crippen molar-refractivity contribution < 1.29 is 28.2 Å². The van der Waals surface area contributed by atoms with Crippen LogP contribution in [-0.2, 0) is 23.9 Å². The molecule has 8 nitrogen and oxygen atoms in total. The Bertz CT molecular complexity index is 1440. The number of halogens is 1. The number of fused-ring (bicyclic) bond motifs is 1. The maximum Gasteiger partial charge on any atom is 0.351 e. The van der Waals surface area contributed by atoms with Crippen molar-refractivity contribution in [2.24, 2.45) is 27.7 Å². The molecule has 1 atom stereocenters. The molecule has 41 heavy (non-hydrogen) atoms. The second-order valence-corrected chi connectivity index (χ2v) is 12.9. The number of carbonyl (C=O) groups excluding carboxylic acids is 3. The number of carbonyl (C=O) groups is 2. The first kappa shape index (κ1) is 27.5. The van der Waals surface area contributed by atoms with Crippen molar-refractivity contribution >= 4 is 29.4 Å². The Balaban J connectivity index is 1.43. The molecule has 1 amide bonds. The summed E-state index contributed by atoms with van der Waals surface area (Å²) in [6.07, 6.45) is 7.57. The van der Waals surface area contributed by atoms with Gasteiger partial charge in [-0.25, -0.2) is 14.2 Å². The molecule has 2 aromatic rings. The standard InChI is InChI=1S/C32H34FN3O5/c1-30(2,3)41-32(34-19-37)29(39)36(18-27(38)40-31-15-20-12-21(16-31)14-22(13-20)17-31)26-11-7-5-9-24(26)28(35-32)23-8-4-6-10-25(23)33/h4-11,20-22H,12-18H2,1-3H3. The van der Waals surface area contributed by atoms with Gasteiger partial charge in [-0.05, 0) is 95.2 Å². The second-order valence-electron chi connectivity index (χ2n) is 12.9. The number of isocyanates is 1. The van der Waals surface area contributed by atoms with Crippen LogP contribution < -0.4 is 4.90 Å². The van der Waals surface area contributed by atoms with Crippen molar-refractivity contribution in [1.29, 1.82) is 0 Å². The fourth-order valence-electron chi connectivity index (χ4n) is 7.68. The molecule has 2 aromatic carbocycles. The first-order chi connectivity index (χ1) is 19.5. The number of para-hydroxylation sites is 1. The predicted molar refractivity (Wildman–Crippen MR) is 150 cm³/mol. The number of ether oxygens (including phenoxy) is 2. The van der Waals surface area contributed by atoms with E-state index < -0.39 is 41.3 Å². The molecule has 0 N–H and O–H groups in total. The quantitative estimate of drug-likeness (QED) is 0.271. The molecule has 7 rings (SSSR count). The topological polar surface area (TPSA) is 97.6 Å². The van der Waals surface area contributed by atoms with Crippen LogP contribution >= 0.6 is 0 Å². The van der Waals surface area contributed by atoms with E-state index in [1.54, 1.807) is 57.2 Å². The van der Waals surface area contributed by atoms with E-state index in [0.717, 1.165) is 19.3 Å². The lowest BCUT2D eigenvalue weighted by Gasteiger charge is -2.55. The summed E-state index contributed by atoms with van der Waals surface area (Å²) in [7, 11) is 0. The van der Waals surface area contributed by atoms with Crippen LogP contribution in [0.4, 0.5) is 10.1 Å². The van der Waals surface area contributed by atoms with E-state index in [0.29, 0.717) is 29.0 Å². The molecule has 4 aliphatic carbocycles. The first-order valence-corrected chi connectivity index (χ1v) is 14.3. The SMILES string of the molecule is CC(C)(C)OC1(N=C=O)N=C(c2ccccc2F)c2ccccc2N(CC(=O)OC23CC4CC(CC(C4)C2)C3)C1=O. The van der Waals surface area contributed by atoms with Crippen LogP contribution in [0.25, 0.3) is 0 Å². The van der Waals surface area contributed by atoms with E-state index >= 15 is 4.39 Å². The van der Waals surface area contributed by atoms with Crippen molar-refractivity contribution in [2.45, 2.75) is 76.3 Å². The average Bonchev–Trinajstić information content (AvgIpc) is 2.97. The zero-order chi connectivity index (χ0) is 29.0. The molecular weight excluding hydrogens is 525 g/mol. The van der Waals surface area contributed by atoms with E-state index in [1.807, 2.05) is 0 Å². The summed E-state index contributed by atoms with van der Waals surface area (Å²) >= 11 is 0. The number of aliphatic imine (C=N–C) groups is 2. The van der Waals surface area contributed by atoms with Crippen molar-refractivity contribution in [3.8, 4) is 0 Å². The van der Waals surface area contributed by atoms with Crippen LogP contribution in [0.15, 0.2) is 58.5 Å².